The number of hydrogen-bond donors (Lipinski definition) is 1. The van der Waals surface area contributed by atoms with E-state index in [2.05, 4.69) is 0 Å². The van der Waals surface area contributed by atoms with E-state index in [0.717, 1.165) is 4.31 Å². The van der Waals surface area contributed by atoms with Crippen molar-refractivity contribution in [2.45, 2.75) is 23.8 Å². The SMILES string of the molecule is O=C1c2ccccc2C(=O)c2cc(S(=O)(=O)N3CCC[C@@H]3C(=O)O)ccc21. The van der Waals surface area contributed by atoms with E-state index in [-0.39, 0.29) is 45.9 Å². The lowest BCUT2D eigenvalue weighted by Crippen LogP contribution is -2.40. The number of carbonyl (C=O) groups excluding carboxylic acids is 2. The van der Waals surface area contributed by atoms with Crippen molar-refractivity contribution in [3.05, 3.63) is 64.7 Å². The van der Waals surface area contributed by atoms with Crippen LogP contribution < -0.4 is 0 Å². The largest absolute Gasteiger partial charge is 0.480 e. The zero-order valence-electron chi connectivity index (χ0n) is 14.1. The highest BCUT2D eigenvalue weighted by molar-refractivity contribution is 7.89. The number of aliphatic carboxylic acids is 1. The van der Waals surface area contributed by atoms with Crippen LogP contribution in [0.1, 0.15) is 44.7 Å². The standard InChI is InChI=1S/C19H15NO6S/c21-17-12-4-1-2-5-13(12)18(22)15-10-11(7-8-14(15)17)27(25,26)20-9-3-6-16(20)19(23)24/h1-2,4-5,7-8,10,16H,3,6,9H2,(H,23,24)/t16-/m1/s1. The van der Waals surface area contributed by atoms with Crippen molar-refractivity contribution < 1.29 is 27.9 Å². The number of carboxylic acid groups (broad SMARTS) is 1. The molecule has 27 heavy (non-hydrogen) atoms. The van der Waals surface area contributed by atoms with Gasteiger partial charge < -0.3 is 5.11 Å². The molecule has 8 heteroatoms. The van der Waals surface area contributed by atoms with Crippen LogP contribution in [0.2, 0.25) is 0 Å². The Hall–Kier alpha value is -2.84. The van der Waals surface area contributed by atoms with Crippen LogP contribution in [-0.2, 0) is 14.8 Å². The van der Waals surface area contributed by atoms with Gasteiger partial charge in [-0.25, -0.2) is 8.42 Å². The second kappa shape index (κ2) is 6.11. The average Bonchev–Trinajstić information content (AvgIpc) is 3.17. The summed E-state index contributed by atoms with van der Waals surface area (Å²) in [4.78, 5) is 36.6. The molecule has 0 aromatic heterocycles. The fraction of sp³-hybridized carbons (Fsp3) is 0.211. The van der Waals surface area contributed by atoms with Gasteiger partial charge in [0.05, 0.1) is 4.90 Å². The predicted octanol–water partition coefficient (Wildman–Crippen LogP) is 1.70. The summed E-state index contributed by atoms with van der Waals surface area (Å²) >= 11 is 0. The summed E-state index contributed by atoms with van der Waals surface area (Å²) in [5.74, 6) is -1.96. The molecule has 1 aliphatic heterocycles. The first-order valence-corrected chi connectivity index (χ1v) is 9.83. The van der Waals surface area contributed by atoms with Crippen LogP contribution in [0.4, 0.5) is 0 Å². The number of nitrogens with zero attached hydrogens (tertiary/aromatic N) is 1. The van der Waals surface area contributed by atoms with Crippen LogP contribution in [0, 0.1) is 0 Å². The number of benzene rings is 2. The molecule has 2 aliphatic rings. The number of fused-ring (bicyclic) bond motifs is 2. The highest BCUT2D eigenvalue weighted by Crippen LogP contribution is 2.31. The van der Waals surface area contributed by atoms with Crippen molar-refractivity contribution in [1.29, 1.82) is 0 Å². The van der Waals surface area contributed by atoms with E-state index in [0.29, 0.717) is 6.42 Å². The highest BCUT2D eigenvalue weighted by Gasteiger charge is 2.40. The minimum atomic E-state index is -4.10. The lowest BCUT2D eigenvalue weighted by atomic mass is 9.84. The molecular formula is C19H15NO6S. The van der Waals surface area contributed by atoms with Gasteiger partial charge in [0.2, 0.25) is 10.0 Å². The summed E-state index contributed by atoms with van der Waals surface area (Å²) in [6.45, 7) is 0.103. The topological polar surface area (TPSA) is 109 Å². The molecule has 0 bridgehead atoms. The fourth-order valence-corrected chi connectivity index (χ4v) is 5.33. The van der Waals surface area contributed by atoms with Crippen molar-refractivity contribution in [2.24, 2.45) is 0 Å². The maximum absolute atomic E-state index is 12.9. The summed E-state index contributed by atoms with van der Waals surface area (Å²) in [5.41, 5.74) is 0.685. The Kier molecular flexibility index (Phi) is 3.97. The zero-order valence-corrected chi connectivity index (χ0v) is 14.9. The smallest absolute Gasteiger partial charge is 0.322 e. The molecule has 138 valence electrons. The second-order valence-corrected chi connectivity index (χ2v) is 8.41. The fourth-order valence-electron chi connectivity index (χ4n) is 3.65. The third kappa shape index (κ3) is 2.60. The third-order valence-electron chi connectivity index (χ3n) is 4.99. The van der Waals surface area contributed by atoms with Gasteiger partial charge in [0.15, 0.2) is 11.6 Å². The van der Waals surface area contributed by atoms with Gasteiger partial charge in [0.1, 0.15) is 6.04 Å². The van der Waals surface area contributed by atoms with Crippen molar-refractivity contribution in [3.8, 4) is 0 Å². The summed E-state index contributed by atoms with van der Waals surface area (Å²) in [6.07, 6.45) is 0.691. The summed E-state index contributed by atoms with van der Waals surface area (Å²) in [7, 11) is -4.10. The average molecular weight is 385 g/mol. The summed E-state index contributed by atoms with van der Waals surface area (Å²) in [6, 6.07) is 9.02. The van der Waals surface area contributed by atoms with Crippen LogP contribution >= 0.6 is 0 Å². The monoisotopic (exact) mass is 385 g/mol. The van der Waals surface area contributed by atoms with Crippen LogP contribution in [0.15, 0.2) is 47.4 Å². The van der Waals surface area contributed by atoms with Crippen molar-refractivity contribution in [2.75, 3.05) is 6.54 Å². The number of carboxylic acids is 1. The molecule has 4 rings (SSSR count). The first kappa shape index (κ1) is 17.6. The first-order chi connectivity index (χ1) is 12.8. The Morgan fingerprint density at radius 2 is 1.56 bits per heavy atom. The predicted molar refractivity (Wildman–Crippen MR) is 94.3 cm³/mol. The van der Waals surface area contributed by atoms with Crippen LogP contribution in [0.3, 0.4) is 0 Å². The molecule has 1 fully saturated rings. The van der Waals surface area contributed by atoms with Gasteiger partial charge in [0, 0.05) is 28.8 Å². The molecule has 7 nitrogen and oxygen atoms in total. The second-order valence-electron chi connectivity index (χ2n) is 6.52. The summed E-state index contributed by atoms with van der Waals surface area (Å²) < 4.78 is 26.8. The summed E-state index contributed by atoms with van der Waals surface area (Å²) in [5, 5.41) is 9.27. The molecule has 1 aliphatic carbocycles. The number of hydrogen-bond acceptors (Lipinski definition) is 5. The van der Waals surface area contributed by atoms with Gasteiger partial charge in [0.25, 0.3) is 0 Å². The van der Waals surface area contributed by atoms with E-state index in [1.54, 1.807) is 18.2 Å². The minimum Gasteiger partial charge on any atom is -0.480 e. The van der Waals surface area contributed by atoms with E-state index in [9.17, 15) is 27.9 Å². The van der Waals surface area contributed by atoms with Crippen molar-refractivity contribution in [3.63, 3.8) is 0 Å². The molecule has 1 heterocycles. The van der Waals surface area contributed by atoms with E-state index in [1.165, 1.54) is 24.3 Å². The number of rotatable bonds is 3. The van der Waals surface area contributed by atoms with E-state index >= 15 is 0 Å². The highest BCUT2D eigenvalue weighted by atomic mass is 32.2. The minimum absolute atomic E-state index is 0.0193. The normalized spacial score (nSPS) is 19.6. The van der Waals surface area contributed by atoms with Crippen LogP contribution in [0.5, 0.6) is 0 Å². The van der Waals surface area contributed by atoms with Gasteiger partial charge in [-0.3, -0.25) is 14.4 Å². The van der Waals surface area contributed by atoms with Gasteiger partial charge in [-0.05, 0) is 31.0 Å². The molecule has 1 saturated heterocycles. The molecule has 1 N–H and O–H groups in total. The molecule has 0 saturated carbocycles. The van der Waals surface area contributed by atoms with E-state index in [4.69, 9.17) is 0 Å². The number of carbonyl (C=O) groups is 3. The lowest BCUT2D eigenvalue weighted by Gasteiger charge is -2.22. The Balaban J connectivity index is 1.81. The van der Waals surface area contributed by atoms with E-state index in [1.807, 2.05) is 0 Å². The third-order valence-corrected chi connectivity index (χ3v) is 6.90. The Labute approximate surface area is 155 Å². The maximum Gasteiger partial charge on any atom is 0.322 e. The van der Waals surface area contributed by atoms with Crippen LogP contribution in [-0.4, -0.2) is 48.0 Å². The number of ketones is 2. The Bertz CT molecular complexity index is 1100. The molecule has 0 spiro atoms. The maximum atomic E-state index is 12.9. The van der Waals surface area contributed by atoms with Crippen molar-refractivity contribution >= 4 is 27.6 Å². The molecule has 1 atom stereocenters. The van der Waals surface area contributed by atoms with Crippen LogP contribution in [0.25, 0.3) is 0 Å². The first-order valence-electron chi connectivity index (χ1n) is 8.39. The van der Waals surface area contributed by atoms with Gasteiger partial charge in [-0.1, -0.05) is 24.3 Å². The lowest BCUT2D eigenvalue weighted by molar-refractivity contribution is -0.140. The molecular weight excluding hydrogens is 370 g/mol. The molecule has 0 radical (unpaired) electrons. The van der Waals surface area contributed by atoms with Crippen molar-refractivity contribution in [1.82, 2.24) is 4.31 Å². The van der Waals surface area contributed by atoms with Gasteiger partial charge in [-0.15, -0.1) is 0 Å². The Morgan fingerprint density at radius 1 is 0.963 bits per heavy atom. The molecule has 2 aromatic carbocycles. The molecule has 0 amide bonds. The number of sulfonamides is 1. The zero-order chi connectivity index (χ0) is 19.3. The van der Waals surface area contributed by atoms with E-state index < -0.39 is 27.8 Å². The quantitative estimate of drug-likeness (QED) is 0.735. The van der Waals surface area contributed by atoms with Gasteiger partial charge >= 0.3 is 5.97 Å². The molecule has 0 unspecified atom stereocenters. The molecule has 2 aromatic rings. The Morgan fingerprint density at radius 3 is 2.19 bits per heavy atom. The van der Waals surface area contributed by atoms with Gasteiger partial charge in [-0.2, -0.15) is 4.31 Å².